The van der Waals surface area contributed by atoms with Gasteiger partial charge in [-0.3, -0.25) is 0 Å². The maximum Gasteiger partial charge on any atom is 0.203 e. The van der Waals surface area contributed by atoms with Crippen molar-refractivity contribution in [2.24, 2.45) is 0 Å². The highest BCUT2D eigenvalue weighted by atomic mass is 16.5. The number of furan rings is 1. The molecule has 0 amide bonds. The van der Waals surface area contributed by atoms with Gasteiger partial charge in [0.25, 0.3) is 0 Å². The monoisotopic (exact) mass is 286 g/mol. The molecule has 0 bridgehead atoms. The van der Waals surface area contributed by atoms with E-state index in [9.17, 15) is 0 Å². The Morgan fingerprint density at radius 2 is 1.86 bits per heavy atom. The van der Waals surface area contributed by atoms with Crippen LogP contribution in [0.2, 0.25) is 0 Å². The molecule has 1 aromatic carbocycles. The van der Waals surface area contributed by atoms with Crippen LogP contribution >= 0.6 is 0 Å². The van der Waals surface area contributed by atoms with Gasteiger partial charge in [0.15, 0.2) is 11.5 Å². The normalized spacial score (nSPS) is 9.95. The van der Waals surface area contributed by atoms with Crippen LogP contribution in [-0.4, -0.2) is 13.2 Å². The Bertz CT molecular complexity index is 629. The van der Waals surface area contributed by atoms with Gasteiger partial charge in [0.1, 0.15) is 11.8 Å². The molecule has 5 nitrogen and oxygen atoms in total. The van der Waals surface area contributed by atoms with Crippen LogP contribution < -0.4 is 14.8 Å². The minimum atomic E-state index is 0.313. The third-order valence-electron chi connectivity index (χ3n) is 2.78. The Kier molecular flexibility index (Phi) is 5.10. The number of rotatable bonds is 7. The van der Waals surface area contributed by atoms with E-state index in [2.05, 4.69) is 5.32 Å². The lowest BCUT2D eigenvalue weighted by molar-refractivity contribution is 0.288. The maximum atomic E-state index is 8.72. The quantitative estimate of drug-likeness (QED) is 0.843. The number of anilines is 1. The average Bonchev–Trinajstić information content (AvgIpc) is 2.96. The van der Waals surface area contributed by atoms with Gasteiger partial charge >= 0.3 is 0 Å². The van der Waals surface area contributed by atoms with E-state index in [0.717, 1.165) is 11.4 Å². The van der Waals surface area contributed by atoms with Crippen LogP contribution in [-0.2, 0) is 6.54 Å². The van der Waals surface area contributed by atoms with Crippen LogP contribution in [0, 0.1) is 11.3 Å². The molecule has 2 rings (SSSR count). The van der Waals surface area contributed by atoms with E-state index in [-0.39, 0.29) is 0 Å². The van der Waals surface area contributed by atoms with Gasteiger partial charge in [0.2, 0.25) is 5.76 Å². The number of nitrogens with zero attached hydrogens (tertiary/aromatic N) is 1. The standard InChI is InChI=1S/C16H18N2O3/c1-3-19-15-8-5-12(9-16(15)20-4-2)18-11-14-7-6-13(10-17)21-14/h5-9,18H,3-4,11H2,1-2H3. The topological polar surface area (TPSA) is 67.4 Å². The fraction of sp³-hybridized carbons (Fsp3) is 0.312. The molecule has 0 aliphatic rings. The second-order valence-electron chi connectivity index (χ2n) is 4.26. The van der Waals surface area contributed by atoms with Crippen molar-refractivity contribution in [1.82, 2.24) is 0 Å². The summed E-state index contributed by atoms with van der Waals surface area (Å²) in [6, 6.07) is 11.1. The van der Waals surface area contributed by atoms with Crippen molar-refractivity contribution in [1.29, 1.82) is 5.26 Å². The molecule has 0 saturated heterocycles. The molecule has 0 aliphatic carbocycles. The van der Waals surface area contributed by atoms with Crippen molar-refractivity contribution in [2.45, 2.75) is 20.4 Å². The molecule has 1 N–H and O–H groups in total. The number of nitriles is 1. The van der Waals surface area contributed by atoms with Gasteiger partial charge in [-0.25, -0.2) is 0 Å². The van der Waals surface area contributed by atoms with Crippen LogP contribution in [0.3, 0.4) is 0 Å². The highest BCUT2D eigenvalue weighted by molar-refractivity contribution is 5.54. The van der Waals surface area contributed by atoms with Crippen LogP contribution in [0.25, 0.3) is 0 Å². The predicted molar refractivity (Wildman–Crippen MR) is 79.5 cm³/mol. The van der Waals surface area contributed by atoms with Crippen LogP contribution in [0.15, 0.2) is 34.7 Å². The summed E-state index contributed by atoms with van der Waals surface area (Å²) >= 11 is 0. The first-order valence-electron chi connectivity index (χ1n) is 6.89. The van der Waals surface area contributed by atoms with Gasteiger partial charge in [-0.2, -0.15) is 5.26 Å². The molecule has 5 heteroatoms. The summed E-state index contributed by atoms with van der Waals surface area (Å²) in [4.78, 5) is 0. The Morgan fingerprint density at radius 1 is 1.10 bits per heavy atom. The summed E-state index contributed by atoms with van der Waals surface area (Å²) in [5.41, 5.74) is 0.900. The minimum absolute atomic E-state index is 0.313. The van der Waals surface area contributed by atoms with E-state index in [1.54, 1.807) is 12.1 Å². The molecular weight excluding hydrogens is 268 g/mol. The second kappa shape index (κ2) is 7.25. The molecule has 0 unspecified atom stereocenters. The Hall–Kier alpha value is -2.61. The van der Waals surface area contributed by atoms with Crippen molar-refractivity contribution in [2.75, 3.05) is 18.5 Å². The highest BCUT2D eigenvalue weighted by Gasteiger charge is 2.07. The van der Waals surface area contributed by atoms with E-state index >= 15 is 0 Å². The SMILES string of the molecule is CCOc1ccc(NCc2ccc(C#N)o2)cc1OCC. The van der Waals surface area contributed by atoms with Crippen molar-refractivity contribution >= 4 is 5.69 Å². The van der Waals surface area contributed by atoms with Gasteiger partial charge in [-0.05, 0) is 38.1 Å². The van der Waals surface area contributed by atoms with Crippen molar-refractivity contribution in [3.63, 3.8) is 0 Å². The van der Waals surface area contributed by atoms with Gasteiger partial charge in [0, 0.05) is 11.8 Å². The first-order valence-corrected chi connectivity index (χ1v) is 6.89. The summed E-state index contributed by atoms with van der Waals surface area (Å²) in [5, 5.41) is 11.9. The number of hydrogen-bond acceptors (Lipinski definition) is 5. The average molecular weight is 286 g/mol. The van der Waals surface area contributed by atoms with Gasteiger partial charge < -0.3 is 19.2 Å². The molecule has 2 aromatic rings. The van der Waals surface area contributed by atoms with Crippen LogP contribution in [0.4, 0.5) is 5.69 Å². The molecular formula is C16H18N2O3. The number of benzene rings is 1. The first-order chi connectivity index (χ1) is 10.3. The fourth-order valence-corrected chi connectivity index (χ4v) is 1.88. The predicted octanol–water partition coefficient (Wildman–Crippen LogP) is 3.56. The smallest absolute Gasteiger partial charge is 0.203 e. The molecule has 0 spiro atoms. The lowest BCUT2D eigenvalue weighted by Gasteiger charge is -2.13. The molecule has 0 saturated carbocycles. The van der Waals surface area contributed by atoms with E-state index in [4.69, 9.17) is 19.2 Å². The minimum Gasteiger partial charge on any atom is -0.490 e. The summed E-state index contributed by atoms with van der Waals surface area (Å²) in [7, 11) is 0. The van der Waals surface area contributed by atoms with Crippen molar-refractivity contribution in [3.05, 3.63) is 41.9 Å². The number of hydrogen-bond donors (Lipinski definition) is 1. The Balaban J connectivity index is 2.05. The lowest BCUT2D eigenvalue weighted by atomic mass is 10.2. The Morgan fingerprint density at radius 3 is 2.52 bits per heavy atom. The second-order valence-corrected chi connectivity index (χ2v) is 4.26. The van der Waals surface area contributed by atoms with Gasteiger partial charge in [0.05, 0.1) is 19.8 Å². The zero-order chi connectivity index (χ0) is 15.1. The highest BCUT2D eigenvalue weighted by Crippen LogP contribution is 2.30. The third-order valence-corrected chi connectivity index (χ3v) is 2.78. The summed E-state index contributed by atoms with van der Waals surface area (Å²) in [6.45, 7) is 5.54. The van der Waals surface area contributed by atoms with Crippen LogP contribution in [0.1, 0.15) is 25.4 Å². The summed E-state index contributed by atoms with van der Waals surface area (Å²) < 4.78 is 16.4. The first kappa shape index (κ1) is 14.8. The van der Waals surface area contributed by atoms with E-state index < -0.39 is 0 Å². The lowest BCUT2D eigenvalue weighted by Crippen LogP contribution is -2.01. The number of ether oxygens (including phenoxy) is 2. The molecule has 0 radical (unpaired) electrons. The fourth-order valence-electron chi connectivity index (χ4n) is 1.88. The van der Waals surface area contributed by atoms with Gasteiger partial charge in [-0.15, -0.1) is 0 Å². The van der Waals surface area contributed by atoms with Crippen LogP contribution in [0.5, 0.6) is 11.5 Å². The molecule has 1 aromatic heterocycles. The summed E-state index contributed by atoms with van der Waals surface area (Å²) in [5.74, 6) is 2.46. The molecule has 1 heterocycles. The van der Waals surface area contributed by atoms with E-state index in [1.807, 2.05) is 38.1 Å². The zero-order valence-corrected chi connectivity index (χ0v) is 12.2. The van der Waals surface area contributed by atoms with E-state index in [1.165, 1.54) is 0 Å². The molecule has 0 aliphatic heterocycles. The van der Waals surface area contributed by atoms with Gasteiger partial charge in [-0.1, -0.05) is 0 Å². The van der Waals surface area contributed by atoms with E-state index in [0.29, 0.717) is 37.0 Å². The molecule has 21 heavy (non-hydrogen) atoms. The largest absolute Gasteiger partial charge is 0.490 e. The molecule has 110 valence electrons. The maximum absolute atomic E-state index is 8.72. The molecule has 0 fully saturated rings. The van der Waals surface area contributed by atoms with Crippen molar-refractivity contribution in [3.8, 4) is 17.6 Å². The Labute approximate surface area is 124 Å². The molecule has 0 atom stereocenters. The van der Waals surface area contributed by atoms with Crippen molar-refractivity contribution < 1.29 is 13.9 Å². The summed E-state index contributed by atoms with van der Waals surface area (Å²) in [6.07, 6.45) is 0. The number of nitrogens with one attached hydrogen (secondary N) is 1. The third kappa shape index (κ3) is 3.93. The zero-order valence-electron chi connectivity index (χ0n) is 12.2.